The minimum atomic E-state index is -0.372. The normalized spacial score (nSPS) is 10.3. The summed E-state index contributed by atoms with van der Waals surface area (Å²) in [6.45, 7) is 1.82. The first kappa shape index (κ1) is 16.8. The van der Waals surface area contributed by atoms with E-state index in [1.807, 2.05) is 19.1 Å². The number of nitrogens with one attached hydrogen (secondary N) is 1. The topological polar surface area (TPSA) is 47.6 Å². The molecule has 2 aromatic rings. The summed E-state index contributed by atoms with van der Waals surface area (Å²) in [4.78, 5) is 12.1. The summed E-state index contributed by atoms with van der Waals surface area (Å²) in [5.74, 6) is 0.824. The number of carbonyl (C=O) groups is 1. The smallest absolute Gasteiger partial charge is 0.224 e. The van der Waals surface area contributed by atoms with Crippen LogP contribution in [0.4, 0.5) is 10.1 Å². The Hall–Kier alpha value is -2.56. The van der Waals surface area contributed by atoms with Gasteiger partial charge >= 0.3 is 0 Å². The maximum Gasteiger partial charge on any atom is 0.224 e. The standard InChI is InChI=1S/C18H20FNO3/c1-12-4-6-14(19)10-17(12)20-18(21)7-5-13-8-15(22-2)11-16(9-13)23-3/h4,6,8-11H,5,7H2,1-3H3,(H,20,21). The van der Waals surface area contributed by atoms with Crippen molar-refractivity contribution in [3.8, 4) is 11.5 Å². The summed E-state index contributed by atoms with van der Waals surface area (Å²) in [7, 11) is 3.16. The lowest BCUT2D eigenvalue weighted by molar-refractivity contribution is -0.116. The number of hydrogen-bond acceptors (Lipinski definition) is 3. The Morgan fingerprint density at radius 2 is 1.74 bits per heavy atom. The van der Waals surface area contributed by atoms with Crippen molar-refractivity contribution in [3.63, 3.8) is 0 Å². The highest BCUT2D eigenvalue weighted by molar-refractivity contribution is 5.91. The van der Waals surface area contributed by atoms with Gasteiger partial charge in [0.1, 0.15) is 17.3 Å². The van der Waals surface area contributed by atoms with Crippen LogP contribution in [0.1, 0.15) is 17.5 Å². The van der Waals surface area contributed by atoms with Crippen molar-refractivity contribution in [2.24, 2.45) is 0 Å². The average molecular weight is 317 g/mol. The second kappa shape index (κ2) is 7.63. The van der Waals surface area contributed by atoms with Gasteiger partial charge in [-0.1, -0.05) is 6.07 Å². The molecule has 0 saturated heterocycles. The van der Waals surface area contributed by atoms with Crippen LogP contribution in [0.2, 0.25) is 0 Å². The summed E-state index contributed by atoms with van der Waals surface area (Å²) in [5, 5.41) is 2.74. The Labute approximate surface area is 135 Å². The molecule has 2 rings (SSSR count). The quantitative estimate of drug-likeness (QED) is 0.883. The zero-order chi connectivity index (χ0) is 16.8. The summed E-state index contributed by atoms with van der Waals surface area (Å²) in [6, 6.07) is 9.83. The first-order valence-electron chi connectivity index (χ1n) is 7.30. The molecule has 0 bridgehead atoms. The maximum absolute atomic E-state index is 13.2. The van der Waals surface area contributed by atoms with Gasteiger partial charge in [0.05, 0.1) is 14.2 Å². The molecule has 5 heteroatoms. The fourth-order valence-electron chi connectivity index (χ4n) is 2.21. The van der Waals surface area contributed by atoms with Crippen LogP contribution in [-0.2, 0) is 11.2 Å². The van der Waals surface area contributed by atoms with E-state index in [2.05, 4.69) is 5.32 Å². The molecule has 0 fully saturated rings. The minimum Gasteiger partial charge on any atom is -0.497 e. The zero-order valence-corrected chi connectivity index (χ0v) is 13.5. The molecule has 0 aliphatic rings. The van der Waals surface area contributed by atoms with Gasteiger partial charge in [-0.3, -0.25) is 4.79 Å². The number of rotatable bonds is 6. The van der Waals surface area contributed by atoms with Crippen molar-refractivity contribution < 1.29 is 18.7 Å². The fraction of sp³-hybridized carbons (Fsp3) is 0.278. The van der Waals surface area contributed by atoms with Crippen LogP contribution in [0.25, 0.3) is 0 Å². The van der Waals surface area contributed by atoms with Gasteiger partial charge in [0, 0.05) is 18.2 Å². The van der Waals surface area contributed by atoms with E-state index in [1.54, 1.807) is 26.4 Å². The van der Waals surface area contributed by atoms with E-state index in [0.29, 0.717) is 23.6 Å². The highest BCUT2D eigenvalue weighted by atomic mass is 19.1. The lowest BCUT2D eigenvalue weighted by Gasteiger charge is -2.10. The molecule has 0 aliphatic heterocycles. The van der Waals surface area contributed by atoms with Crippen LogP contribution in [-0.4, -0.2) is 20.1 Å². The number of halogens is 1. The van der Waals surface area contributed by atoms with E-state index < -0.39 is 0 Å². The first-order chi connectivity index (χ1) is 11.0. The van der Waals surface area contributed by atoms with E-state index in [0.717, 1.165) is 11.1 Å². The average Bonchev–Trinajstić information content (AvgIpc) is 2.56. The Bertz CT molecular complexity index is 678. The van der Waals surface area contributed by atoms with Gasteiger partial charge in [0.15, 0.2) is 0 Å². The van der Waals surface area contributed by atoms with Gasteiger partial charge in [-0.25, -0.2) is 4.39 Å². The second-order valence-electron chi connectivity index (χ2n) is 5.23. The molecule has 122 valence electrons. The third kappa shape index (κ3) is 4.71. The number of anilines is 1. The molecule has 0 atom stereocenters. The number of methoxy groups -OCH3 is 2. The van der Waals surface area contributed by atoms with Crippen LogP contribution in [0.15, 0.2) is 36.4 Å². The third-order valence-corrected chi connectivity index (χ3v) is 3.53. The van der Waals surface area contributed by atoms with Crippen molar-refractivity contribution in [1.29, 1.82) is 0 Å². The SMILES string of the molecule is COc1cc(CCC(=O)Nc2cc(F)ccc2C)cc(OC)c1. The minimum absolute atomic E-state index is 0.166. The molecule has 2 aromatic carbocycles. The Morgan fingerprint density at radius 3 is 2.35 bits per heavy atom. The number of carbonyl (C=O) groups excluding carboxylic acids is 1. The molecule has 0 heterocycles. The predicted octanol–water partition coefficient (Wildman–Crippen LogP) is 3.72. The molecular weight excluding hydrogens is 297 g/mol. The second-order valence-corrected chi connectivity index (χ2v) is 5.23. The highest BCUT2D eigenvalue weighted by Gasteiger charge is 2.08. The Morgan fingerprint density at radius 1 is 1.09 bits per heavy atom. The van der Waals surface area contributed by atoms with Crippen LogP contribution < -0.4 is 14.8 Å². The van der Waals surface area contributed by atoms with Gasteiger partial charge in [-0.05, 0) is 48.7 Å². The number of ether oxygens (including phenoxy) is 2. The molecule has 0 radical (unpaired) electrons. The molecule has 0 aromatic heterocycles. The highest BCUT2D eigenvalue weighted by Crippen LogP contribution is 2.23. The Balaban J connectivity index is 2.00. The number of aryl methyl sites for hydroxylation is 2. The predicted molar refractivity (Wildman–Crippen MR) is 87.6 cm³/mol. The molecule has 0 unspecified atom stereocenters. The van der Waals surface area contributed by atoms with Crippen LogP contribution >= 0.6 is 0 Å². The summed E-state index contributed by atoms with van der Waals surface area (Å²) >= 11 is 0. The molecule has 0 spiro atoms. The number of benzene rings is 2. The van der Waals surface area contributed by atoms with E-state index in [4.69, 9.17) is 9.47 Å². The molecule has 1 amide bonds. The van der Waals surface area contributed by atoms with Crippen LogP contribution in [0, 0.1) is 12.7 Å². The molecule has 0 saturated carbocycles. The monoisotopic (exact) mass is 317 g/mol. The van der Waals surface area contributed by atoms with Crippen molar-refractivity contribution in [2.45, 2.75) is 19.8 Å². The third-order valence-electron chi connectivity index (χ3n) is 3.53. The number of amides is 1. The molecule has 1 N–H and O–H groups in total. The zero-order valence-electron chi connectivity index (χ0n) is 13.5. The summed E-state index contributed by atoms with van der Waals surface area (Å²) in [5.41, 5.74) is 2.26. The molecule has 4 nitrogen and oxygen atoms in total. The molecule has 23 heavy (non-hydrogen) atoms. The summed E-state index contributed by atoms with van der Waals surface area (Å²) < 4.78 is 23.6. The first-order valence-corrected chi connectivity index (χ1v) is 7.30. The van der Waals surface area contributed by atoms with Gasteiger partial charge in [0.25, 0.3) is 0 Å². The van der Waals surface area contributed by atoms with Crippen molar-refractivity contribution in [3.05, 3.63) is 53.3 Å². The molecule has 0 aliphatic carbocycles. The van der Waals surface area contributed by atoms with Gasteiger partial charge in [0.2, 0.25) is 5.91 Å². The van der Waals surface area contributed by atoms with Crippen molar-refractivity contribution in [1.82, 2.24) is 0 Å². The lowest BCUT2D eigenvalue weighted by atomic mass is 10.1. The molecular formula is C18H20FNO3. The lowest BCUT2D eigenvalue weighted by Crippen LogP contribution is -2.13. The number of hydrogen-bond donors (Lipinski definition) is 1. The van der Waals surface area contributed by atoms with Crippen LogP contribution in [0.5, 0.6) is 11.5 Å². The van der Waals surface area contributed by atoms with Gasteiger partial charge < -0.3 is 14.8 Å². The maximum atomic E-state index is 13.2. The van der Waals surface area contributed by atoms with Crippen molar-refractivity contribution >= 4 is 11.6 Å². The largest absolute Gasteiger partial charge is 0.497 e. The Kier molecular flexibility index (Phi) is 5.57. The van der Waals surface area contributed by atoms with E-state index in [1.165, 1.54) is 12.1 Å². The van der Waals surface area contributed by atoms with E-state index in [9.17, 15) is 9.18 Å². The van der Waals surface area contributed by atoms with Gasteiger partial charge in [-0.15, -0.1) is 0 Å². The van der Waals surface area contributed by atoms with Crippen molar-refractivity contribution in [2.75, 3.05) is 19.5 Å². The van der Waals surface area contributed by atoms with E-state index in [-0.39, 0.29) is 18.1 Å². The summed E-state index contributed by atoms with van der Waals surface area (Å²) in [6.07, 6.45) is 0.819. The van der Waals surface area contributed by atoms with Gasteiger partial charge in [-0.2, -0.15) is 0 Å². The van der Waals surface area contributed by atoms with E-state index >= 15 is 0 Å². The fourth-order valence-corrected chi connectivity index (χ4v) is 2.21. The van der Waals surface area contributed by atoms with Crippen LogP contribution in [0.3, 0.4) is 0 Å².